The van der Waals surface area contributed by atoms with Crippen LogP contribution >= 0.6 is 0 Å². The van der Waals surface area contributed by atoms with E-state index in [0.29, 0.717) is 17.2 Å². The van der Waals surface area contributed by atoms with E-state index in [1.54, 1.807) is 38.4 Å². The summed E-state index contributed by atoms with van der Waals surface area (Å²) in [5, 5.41) is 0. The first-order valence-corrected chi connectivity index (χ1v) is 9.13. The molecule has 0 radical (unpaired) electrons. The number of hydrogen-bond donors (Lipinski definition) is 0. The number of sulfonamides is 1. The molecule has 0 saturated heterocycles. The Morgan fingerprint density at radius 3 is 2.00 bits per heavy atom. The Bertz CT molecular complexity index is 787. The van der Waals surface area contributed by atoms with E-state index in [-0.39, 0.29) is 12.5 Å². The predicted molar refractivity (Wildman–Crippen MR) is 93.8 cm³/mol. The summed E-state index contributed by atoms with van der Waals surface area (Å²) < 4.78 is 30.7. The van der Waals surface area contributed by atoms with Crippen LogP contribution in [0.3, 0.4) is 0 Å². The summed E-state index contributed by atoms with van der Waals surface area (Å²) in [6.45, 7) is -0.245. The SMILES string of the molecule is CN(C)C(=O)CN(c1ccc(Oc2ccccc2)cc1)S(C)(=O)=O. The number of ether oxygens (including phenoxy) is 1. The van der Waals surface area contributed by atoms with Gasteiger partial charge in [-0.3, -0.25) is 9.10 Å². The lowest BCUT2D eigenvalue weighted by Gasteiger charge is -2.23. The summed E-state index contributed by atoms with van der Waals surface area (Å²) in [7, 11) is -0.407. The summed E-state index contributed by atoms with van der Waals surface area (Å²) in [5.41, 5.74) is 0.410. The molecule has 6 nitrogen and oxygen atoms in total. The van der Waals surface area contributed by atoms with Gasteiger partial charge in [-0.15, -0.1) is 0 Å². The first-order chi connectivity index (χ1) is 11.3. The summed E-state index contributed by atoms with van der Waals surface area (Å²) in [4.78, 5) is 13.2. The van der Waals surface area contributed by atoms with Gasteiger partial charge in [-0.05, 0) is 36.4 Å². The molecule has 128 valence electrons. The Balaban J connectivity index is 2.21. The third-order valence-electron chi connectivity index (χ3n) is 3.28. The lowest BCUT2D eigenvalue weighted by Crippen LogP contribution is -2.39. The zero-order valence-electron chi connectivity index (χ0n) is 13.8. The van der Waals surface area contributed by atoms with Crippen molar-refractivity contribution < 1.29 is 17.9 Å². The van der Waals surface area contributed by atoms with Crippen molar-refractivity contribution in [1.29, 1.82) is 0 Å². The molecule has 0 spiro atoms. The maximum Gasteiger partial charge on any atom is 0.242 e. The van der Waals surface area contributed by atoms with E-state index >= 15 is 0 Å². The van der Waals surface area contributed by atoms with Crippen LogP contribution in [-0.2, 0) is 14.8 Å². The summed E-state index contributed by atoms with van der Waals surface area (Å²) in [6, 6.07) is 15.8. The van der Waals surface area contributed by atoms with Gasteiger partial charge in [0.05, 0.1) is 11.9 Å². The molecule has 0 aliphatic heterocycles. The number of carbonyl (C=O) groups excluding carboxylic acids is 1. The number of para-hydroxylation sites is 1. The van der Waals surface area contributed by atoms with Crippen LogP contribution in [0.1, 0.15) is 0 Å². The van der Waals surface area contributed by atoms with Gasteiger partial charge >= 0.3 is 0 Å². The number of nitrogens with zero attached hydrogens (tertiary/aromatic N) is 2. The van der Waals surface area contributed by atoms with Crippen LogP contribution in [0.15, 0.2) is 54.6 Å². The molecule has 0 aliphatic rings. The van der Waals surface area contributed by atoms with Crippen LogP contribution in [0.2, 0.25) is 0 Å². The van der Waals surface area contributed by atoms with Crippen molar-refractivity contribution in [2.45, 2.75) is 0 Å². The molecule has 7 heteroatoms. The Morgan fingerprint density at radius 1 is 0.958 bits per heavy atom. The highest BCUT2D eigenvalue weighted by Crippen LogP contribution is 2.25. The van der Waals surface area contributed by atoms with Gasteiger partial charge in [-0.25, -0.2) is 8.42 Å². The third kappa shape index (κ3) is 4.73. The molecule has 2 rings (SSSR count). The average Bonchev–Trinajstić information content (AvgIpc) is 2.53. The molecule has 0 unspecified atom stereocenters. The molecule has 2 aromatic rings. The highest BCUT2D eigenvalue weighted by molar-refractivity contribution is 7.92. The van der Waals surface area contributed by atoms with Gasteiger partial charge in [0, 0.05) is 14.1 Å². The van der Waals surface area contributed by atoms with Crippen molar-refractivity contribution in [2.24, 2.45) is 0 Å². The number of carbonyl (C=O) groups is 1. The maximum atomic E-state index is 12.0. The first-order valence-electron chi connectivity index (χ1n) is 7.28. The fourth-order valence-corrected chi connectivity index (χ4v) is 2.82. The van der Waals surface area contributed by atoms with Crippen LogP contribution in [0, 0.1) is 0 Å². The number of benzene rings is 2. The Morgan fingerprint density at radius 2 is 1.50 bits per heavy atom. The van der Waals surface area contributed by atoms with Gasteiger partial charge in [0.25, 0.3) is 0 Å². The molecule has 0 aliphatic carbocycles. The summed E-state index contributed by atoms with van der Waals surface area (Å²) in [6.07, 6.45) is 1.07. The highest BCUT2D eigenvalue weighted by atomic mass is 32.2. The zero-order chi connectivity index (χ0) is 17.7. The molecule has 1 amide bonds. The number of likely N-dealkylation sites (N-methyl/N-ethyl adjacent to an activating group) is 1. The molecular weight excluding hydrogens is 328 g/mol. The van der Waals surface area contributed by atoms with Crippen molar-refractivity contribution >= 4 is 21.6 Å². The molecule has 0 fully saturated rings. The Labute approximate surface area is 142 Å². The van der Waals surface area contributed by atoms with E-state index in [1.807, 2.05) is 30.3 Å². The van der Waals surface area contributed by atoms with E-state index in [2.05, 4.69) is 0 Å². The number of anilines is 1. The van der Waals surface area contributed by atoms with Gasteiger partial charge < -0.3 is 9.64 Å². The Kier molecular flexibility index (Phi) is 5.46. The van der Waals surface area contributed by atoms with Gasteiger partial charge in [-0.2, -0.15) is 0 Å². The maximum absolute atomic E-state index is 12.0. The molecule has 24 heavy (non-hydrogen) atoms. The van der Waals surface area contributed by atoms with Crippen molar-refractivity contribution in [3.63, 3.8) is 0 Å². The van der Waals surface area contributed by atoms with Crippen LogP contribution < -0.4 is 9.04 Å². The molecule has 0 bridgehead atoms. The standard InChI is InChI=1S/C17H20N2O4S/c1-18(2)17(20)13-19(24(3,21)22)14-9-11-16(12-10-14)23-15-7-5-4-6-8-15/h4-12H,13H2,1-3H3. The van der Waals surface area contributed by atoms with Gasteiger partial charge in [0.1, 0.15) is 18.0 Å². The summed E-state index contributed by atoms with van der Waals surface area (Å²) >= 11 is 0. The average molecular weight is 348 g/mol. The van der Waals surface area contributed by atoms with E-state index in [4.69, 9.17) is 4.74 Å². The normalized spacial score (nSPS) is 11.0. The Hall–Kier alpha value is -2.54. The molecule has 2 aromatic carbocycles. The smallest absolute Gasteiger partial charge is 0.242 e. The number of rotatable bonds is 6. The largest absolute Gasteiger partial charge is 0.457 e. The summed E-state index contributed by atoms with van der Waals surface area (Å²) in [5.74, 6) is 0.968. The zero-order valence-corrected chi connectivity index (χ0v) is 14.7. The fraction of sp³-hybridized carbons (Fsp3) is 0.235. The quantitative estimate of drug-likeness (QED) is 0.804. The molecule has 0 N–H and O–H groups in total. The highest BCUT2D eigenvalue weighted by Gasteiger charge is 2.21. The lowest BCUT2D eigenvalue weighted by atomic mass is 10.3. The molecule has 0 atom stereocenters. The second-order valence-corrected chi connectivity index (χ2v) is 7.37. The number of hydrogen-bond acceptors (Lipinski definition) is 4. The molecular formula is C17H20N2O4S. The van der Waals surface area contributed by atoms with Gasteiger partial charge in [0.2, 0.25) is 15.9 Å². The van der Waals surface area contributed by atoms with Crippen molar-refractivity contribution in [1.82, 2.24) is 4.90 Å². The van der Waals surface area contributed by atoms with E-state index < -0.39 is 10.0 Å². The molecule has 0 saturated carbocycles. The minimum atomic E-state index is -3.57. The van der Waals surface area contributed by atoms with E-state index in [1.165, 1.54) is 4.90 Å². The van der Waals surface area contributed by atoms with Gasteiger partial charge in [0.15, 0.2) is 0 Å². The van der Waals surface area contributed by atoms with E-state index in [9.17, 15) is 13.2 Å². The van der Waals surface area contributed by atoms with Crippen molar-refractivity contribution in [3.8, 4) is 11.5 Å². The van der Waals surface area contributed by atoms with Crippen LogP contribution in [0.4, 0.5) is 5.69 Å². The minimum absolute atomic E-state index is 0.245. The second-order valence-electron chi connectivity index (χ2n) is 5.47. The number of amides is 1. The minimum Gasteiger partial charge on any atom is -0.457 e. The van der Waals surface area contributed by atoms with Gasteiger partial charge in [-0.1, -0.05) is 18.2 Å². The topological polar surface area (TPSA) is 66.9 Å². The lowest BCUT2D eigenvalue weighted by molar-refractivity contribution is -0.127. The molecule has 0 aromatic heterocycles. The van der Waals surface area contributed by atoms with Crippen molar-refractivity contribution in [2.75, 3.05) is 31.2 Å². The monoisotopic (exact) mass is 348 g/mol. The van der Waals surface area contributed by atoms with E-state index in [0.717, 1.165) is 10.6 Å². The second kappa shape index (κ2) is 7.35. The first kappa shape index (κ1) is 17.8. The van der Waals surface area contributed by atoms with Crippen LogP contribution in [0.5, 0.6) is 11.5 Å². The van der Waals surface area contributed by atoms with Crippen molar-refractivity contribution in [3.05, 3.63) is 54.6 Å². The third-order valence-corrected chi connectivity index (χ3v) is 4.42. The van der Waals surface area contributed by atoms with Crippen LogP contribution in [-0.4, -0.2) is 46.1 Å². The molecule has 0 heterocycles. The fourth-order valence-electron chi connectivity index (χ4n) is 1.97. The van der Waals surface area contributed by atoms with Crippen LogP contribution in [0.25, 0.3) is 0 Å². The predicted octanol–water partition coefficient (Wildman–Crippen LogP) is 2.33.